The highest BCUT2D eigenvalue weighted by atomic mass is 14.7. The molecule has 1 heterocycles. The molecule has 16 heavy (non-hydrogen) atoms. The van der Waals surface area contributed by atoms with Crippen molar-refractivity contribution in [3.8, 4) is 0 Å². The molecule has 0 bridgehead atoms. The first-order chi connectivity index (χ1) is 7.83. The lowest BCUT2D eigenvalue weighted by Crippen LogP contribution is -1.98. The second-order valence-electron chi connectivity index (χ2n) is 4.07. The lowest BCUT2D eigenvalue weighted by atomic mass is 10.0. The summed E-state index contributed by atoms with van der Waals surface area (Å²) in [4.78, 5) is 4.68. The first-order valence-electron chi connectivity index (χ1n) is 5.42. The molecule has 0 spiro atoms. The van der Waals surface area contributed by atoms with Crippen LogP contribution in [0.2, 0.25) is 0 Å². The molecule has 2 aromatic rings. The maximum Gasteiger partial charge on any atom is 0.0708 e. The van der Waals surface area contributed by atoms with E-state index in [1.807, 2.05) is 12.8 Å². The van der Waals surface area contributed by atoms with Crippen molar-refractivity contribution >= 4 is 10.9 Å². The molecule has 0 atom stereocenters. The topological polar surface area (TPSA) is 12.9 Å². The van der Waals surface area contributed by atoms with Gasteiger partial charge in [-0.15, -0.1) is 0 Å². The summed E-state index contributed by atoms with van der Waals surface area (Å²) in [7, 11) is 0. The lowest BCUT2D eigenvalue weighted by Gasteiger charge is -2.08. The number of nitrogens with zero attached hydrogens (tertiary/aromatic N) is 1. The van der Waals surface area contributed by atoms with E-state index in [4.69, 9.17) is 0 Å². The number of benzene rings is 1. The molecular formula is C15H12N. The molecule has 0 aliphatic heterocycles. The fraction of sp³-hybridized carbons (Fsp3) is 0.0667. The maximum absolute atomic E-state index is 4.68. The van der Waals surface area contributed by atoms with Gasteiger partial charge in [-0.05, 0) is 50.3 Å². The van der Waals surface area contributed by atoms with Crippen LogP contribution in [0.3, 0.4) is 0 Å². The molecule has 3 rings (SSSR count). The predicted molar refractivity (Wildman–Crippen MR) is 66.0 cm³/mol. The summed E-state index contributed by atoms with van der Waals surface area (Å²) in [6.07, 6.45) is 8.25. The third kappa shape index (κ3) is 1.71. The summed E-state index contributed by atoms with van der Waals surface area (Å²) >= 11 is 0. The molecule has 77 valence electrons. The van der Waals surface area contributed by atoms with E-state index in [1.54, 1.807) is 0 Å². The van der Waals surface area contributed by atoms with Crippen molar-refractivity contribution < 1.29 is 0 Å². The van der Waals surface area contributed by atoms with Gasteiger partial charge in [-0.3, -0.25) is 4.98 Å². The summed E-state index contributed by atoms with van der Waals surface area (Å²) in [6, 6.07) is 10.6. The zero-order valence-electron chi connectivity index (χ0n) is 9.14. The normalized spacial score (nSPS) is 17.1. The van der Waals surface area contributed by atoms with E-state index in [9.17, 15) is 0 Å². The lowest BCUT2D eigenvalue weighted by molar-refractivity contribution is 1.17. The average molecular weight is 206 g/mol. The van der Waals surface area contributed by atoms with E-state index in [-0.39, 0.29) is 0 Å². The number of rotatable bonds is 1. The molecule has 0 amide bonds. The summed E-state index contributed by atoms with van der Waals surface area (Å²) in [6.45, 7) is 2.09. The molecule has 1 aliphatic rings. The van der Waals surface area contributed by atoms with Gasteiger partial charge in [0.25, 0.3) is 0 Å². The Morgan fingerprint density at radius 3 is 2.50 bits per heavy atom. The molecule has 1 fully saturated rings. The van der Waals surface area contributed by atoms with Crippen molar-refractivity contribution in [3.05, 3.63) is 73.2 Å². The average Bonchev–Trinajstić information content (AvgIpc) is 2.81. The Kier molecular flexibility index (Phi) is 2.39. The minimum Gasteiger partial charge on any atom is -0.252 e. The highest BCUT2D eigenvalue weighted by Crippen LogP contribution is 2.29. The molecule has 0 N–H and O–H groups in total. The van der Waals surface area contributed by atoms with Crippen molar-refractivity contribution in [2.24, 2.45) is 0 Å². The van der Waals surface area contributed by atoms with Gasteiger partial charge in [0, 0.05) is 17.0 Å². The van der Waals surface area contributed by atoms with Crippen molar-refractivity contribution in [1.82, 2.24) is 4.98 Å². The minimum absolute atomic E-state index is 1.04. The van der Waals surface area contributed by atoms with Gasteiger partial charge >= 0.3 is 0 Å². The number of aromatic nitrogens is 1. The summed E-state index contributed by atoms with van der Waals surface area (Å²) in [5.74, 6) is 1.18. The number of aryl methyl sites for hydroxylation is 1. The Balaban J connectivity index is 2.07. The Hall–Kier alpha value is -1.37. The summed E-state index contributed by atoms with van der Waals surface area (Å²) in [5.41, 5.74) is 3.36. The van der Waals surface area contributed by atoms with Gasteiger partial charge in [0.2, 0.25) is 0 Å². The van der Waals surface area contributed by atoms with Crippen LogP contribution in [0.5, 0.6) is 0 Å². The van der Waals surface area contributed by atoms with E-state index in [0.29, 0.717) is 0 Å². The molecule has 1 aliphatic carbocycles. The predicted octanol–water partition coefficient (Wildman–Crippen LogP) is 3.30. The van der Waals surface area contributed by atoms with Crippen LogP contribution in [0.1, 0.15) is 11.3 Å². The van der Waals surface area contributed by atoms with Crippen molar-refractivity contribution in [1.29, 1.82) is 0 Å². The van der Waals surface area contributed by atoms with Crippen molar-refractivity contribution in [3.63, 3.8) is 0 Å². The van der Waals surface area contributed by atoms with Crippen LogP contribution in [0.4, 0.5) is 0 Å². The zero-order valence-corrected chi connectivity index (χ0v) is 9.14. The fourth-order valence-electron chi connectivity index (χ4n) is 1.93. The van der Waals surface area contributed by atoms with Crippen molar-refractivity contribution in [2.45, 2.75) is 6.92 Å². The van der Waals surface area contributed by atoms with Gasteiger partial charge in [0.1, 0.15) is 0 Å². The monoisotopic (exact) mass is 206 g/mol. The van der Waals surface area contributed by atoms with Gasteiger partial charge < -0.3 is 0 Å². The van der Waals surface area contributed by atoms with Crippen LogP contribution in [0, 0.1) is 38.5 Å². The molecule has 1 saturated carbocycles. The zero-order chi connectivity index (χ0) is 11.0. The van der Waals surface area contributed by atoms with Gasteiger partial charge in [0.15, 0.2) is 0 Å². The first-order valence-corrected chi connectivity index (χ1v) is 5.42. The van der Waals surface area contributed by atoms with Gasteiger partial charge in [0.05, 0.1) is 5.52 Å². The Morgan fingerprint density at radius 2 is 1.69 bits per heavy atom. The van der Waals surface area contributed by atoms with E-state index >= 15 is 0 Å². The van der Waals surface area contributed by atoms with Gasteiger partial charge in [-0.25, -0.2) is 0 Å². The minimum atomic E-state index is 1.04. The highest BCUT2D eigenvalue weighted by Gasteiger charge is 2.20. The summed E-state index contributed by atoms with van der Waals surface area (Å²) in [5, 5.41) is 1.20. The van der Waals surface area contributed by atoms with E-state index in [2.05, 4.69) is 55.1 Å². The fourth-order valence-corrected chi connectivity index (χ4v) is 1.93. The standard InChI is InChI=1S/C15H12N/c1-11-6-7-13-8-9-14(16-15(13)10-11)12-4-2-3-5-12/h2-10H,1H3. The molecule has 1 nitrogen and oxygen atoms in total. The smallest absolute Gasteiger partial charge is 0.0708 e. The second kappa shape index (κ2) is 3.89. The largest absolute Gasteiger partial charge is 0.252 e. The number of hydrogen-bond acceptors (Lipinski definition) is 1. The summed E-state index contributed by atoms with van der Waals surface area (Å²) < 4.78 is 0. The van der Waals surface area contributed by atoms with Crippen LogP contribution < -0.4 is 0 Å². The van der Waals surface area contributed by atoms with Crippen LogP contribution >= 0.6 is 0 Å². The van der Waals surface area contributed by atoms with E-state index in [0.717, 1.165) is 11.2 Å². The van der Waals surface area contributed by atoms with Crippen LogP contribution in [-0.4, -0.2) is 4.98 Å². The Labute approximate surface area is 96.5 Å². The molecule has 5 radical (unpaired) electrons. The Morgan fingerprint density at radius 1 is 0.938 bits per heavy atom. The SMILES string of the molecule is Cc1ccc2ccc([C]3[CH][CH][CH][CH]3)nc2c1. The molecule has 0 unspecified atom stereocenters. The number of fused-ring (bicyclic) bond motifs is 1. The van der Waals surface area contributed by atoms with Crippen LogP contribution in [0.15, 0.2) is 30.3 Å². The molecule has 1 heteroatoms. The van der Waals surface area contributed by atoms with Crippen LogP contribution in [-0.2, 0) is 0 Å². The highest BCUT2D eigenvalue weighted by molar-refractivity contribution is 5.79. The molecule has 0 saturated heterocycles. The molecule has 1 aromatic carbocycles. The van der Waals surface area contributed by atoms with Gasteiger partial charge in [-0.2, -0.15) is 0 Å². The second-order valence-corrected chi connectivity index (χ2v) is 4.07. The first kappa shape index (κ1) is 9.83. The molecule has 1 aromatic heterocycles. The molecular weight excluding hydrogens is 194 g/mol. The number of hydrogen-bond donors (Lipinski definition) is 0. The maximum atomic E-state index is 4.68. The van der Waals surface area contributed by atoms with Gasteiger partial charge in [-0.1, -0.05) is 18.2 Å². The van der Waals surface area contributed by atoms with Crippen LogP contribution in [0.25, 0.3) is 10.9 Å². The quantitative estimate of drug-likeness (QED) is 0.697. The third-order valence-corrected chi connectivity index (χ3v) is 2.81. The van der Waals surface area contributed by atoms with E-state index in [1.165, 1.54) is 16.9 Å². The van der Waals surface area contributed by atoms with E-state index < -0.39 is 0 Å². The number of pyridine rings is 1. The Bertz CT molecular complexity index is 510. The van der Waals surface area contributed by atoms with Crippen molar-refractivity contribution in [2.75, 3.05) is 0 Å². The third-order valence-electron chi connectivity index (χ3n) is 2.81.